The summed E-state index contributed by atoms with van der Waals surface area (Å²) in [6.45, 7) is 23.2. The zero-order valence-corrected chi connectivity index (χ0v) is 53.7. The standard InChI is InChI=1S/C61H99N9O14/c1-21-37(9)50-52(73)62-33-45(71)66(16)48(35(5)6)53(74)63-42(31-40-26-28-41(82-20)29-27-40)60(81)83-39(11)55(76)70-30-24-23-25-43(70)56(77)67(17)49(36(7)8)54(75)64-47(34(3)4)58(79)65(15)44(32-46(72)84-61(12,13)14)57(78)69(19)51(38(10)22-2)59(80)68(50)18/h26-29,34-39,42-44,47-51H,21-25,30-33H2,1-20H3,(H,62,73)(H,63,74)(H,64,75)/t37-,38-,39+,42-,43+,44-,47+,48-,49+,50-,51-/m0/s1. The highest BCUT2D eigenvalue weighted by atomic mass is 16.6. The fourth-order valence-corrected chi connectivity index (χ4v) is 11.0. The highest BCUT2D eigenvalue weighted by Gasteiger charge is 2.46. The van der Waals surface area contributed by atoms with Crippen molar-refractivity contribution < 1.29 is 67.0 Å². The van der Waals surface area contributed by atoms with Crippen molar-refractivity contribution in [3.63, 3.8) is 0 Å². The summed E-state index contributed by atoms with van der Waals surface area (Å²) >= 11 is 0. The van der Waals surface area contributed by atoms with Gasteiger partial charge in [-0.05, 0) is 94.2 Å². The van der Waals surface area contributed by atoms with Gasteiger partial charge in [0, 0.05) is 48.2 Å². The SMILES string of the molecule is CC[C@H](C)[C@H]1C(=O)NCC(=O)N(C)[C@@H](C(C)C)C(=O)N[C@@H](Cc2ccc(OC)cc2)C(=O)O[C@H](C)C(=O)N2CCCC[C@@H]2C(=O)N(C)[C@H](C(C)C)C(=O)N[C@H](C(C)C)C(=O)N(C)[C@@H](CC(=O)OC(C)(C)C)C(=O)N(C)[C@@H]([C@@H](C)CC)C(=O)N1C. The van der Waals surface area contributed by atoms with Gasteiger partial charge in [0.15, 0.2) is 6.10 Å². The quantitative estimate of drug-likeness (QED) is 0.253. The fourth-order valence-electron chi connectivity index (χ4n) is 11.0. The van der Waals surface area contributed by atoms with Crippen molar-refractivity contribution >= 4 is 65.1 Å². The molecule has 11 atom stereocenters. The third-order valence-corrected chi connectivity index (χ3v) is 16.2. The lowest BCUT2D eigenvalue weighted by Crippen LogP contribution is -2.63. The fraction of sp³-hybridized carbons (Fsp3) is 0.721. The van der Waals surface area contributed by atoms with E-state index in [1.807, 2.05) is 13.8 Å². The van der Waals surface area contributed by atoms with Gasteiger partial charge in [-0.15, -0.1) is 0 Å². The minimum absolute atomic E-state index is 0.112. The Balaban J connectivity index is 2.31. The number of likely N-dealkylation sites (N-methyl/N-ethyl adjacent to an activating group) is 5. The Labute approximate surface area is 498 Å². The van der Waals surface area contributed by atoms with E-state index in [4.69, 9.17) is 14.2 Å². The first-order chi connectivity index (χ1) is 39.1. The molecule has 0 aliphatic carbocycles. The molecule has 2 aliphatic heterocycles. The molecule has 2 saturated heterocycles. The van der Waals surface area contributed by atoms with Crippen molar-refractivity contribution in [2.75, 3.05) is 55.4 Å². The number of hydrogen-bond donors (Lipinski definition) is 3. The number of piperidine rings is 1. The molecule has 472 valence electrons. The molecule has 1 aromatic rings. The molecule has 23 nitrogen and oxygen atoms in total. The summed E-state index contributed by atoms with van der Waals surface area (Å²) in [4.78, 5) is 168. The first-order valence-corrected chi connectivity index (χ1v) is 29.6. The number of carbonyl (C=O) groups excluding carboxylic acids is 11. The summed E-state index contributed by atoms with van der Waals surface area (Å²) in [7, 11) is 8.45. The van der Waals surface area contributed by atoms with Crippen LogP contribution in [0.1, 0.15) is 141 Å². The van der Waals surface area contributed by atoms with E-state index < -0.39 is 168 Å². The Kier molecular flexibility index (Phi) is 26.7. The van der Waals surface area contributed by atoms with Crippen LogP contribution in [0.5, 0.6) is 5.75 Å². The summed E-state index contributed by atoms with van der Waals surface area (Å²) < 4.78 is 16.9. The average molecular weight is 1180 g/mol. The molecule has 0 unspecified atom stereocenters. The van der Waals surface area contributed by atoms with Crippen LogP contribution in [0.15, 0.2) is 24.3 Å². The summed E-state index contributed by atoms with van der Waals surface area (Å²) in [6.07, 6.45) is -0.194. The Hall–Kier alpha value is -6.81. The second-order valence-electron chi connectivity index (χ2n) is 24.8. The van der Waals surface area contributed by atoms with E-state index in [0.29, 0.717) is 37.0 Å². The molecule has 0 radical (unpaired) electrons. The second-order valence-corrected chi connectivity index (χ2v) is 24.8. The van der Waals surface area contributed by atoms with Crippen LogP contribution < -0.4 is 20.7 Å². The van der Waals surface area contributed by atoms with Crippen LogP contribution in [-0.4, -0.2) is 210 Å². The van der Waals surface area contributed by atoms with Crippen LogP contribution in [0.2, 0.25) is 0 Å². The van der Waals surface area contributed by atoms with E-state index in [1.165, 1.54) is 68.9 Å². The van der Waals surface area contributed by atoms with Gasteiger partial charge in [0.25, 0.3) is 5.91 Å². The van der Waals surface area contributed by atoms with Crippen molar-refractivity contribution in [2.45, 2.75) is 202 Å². The number of nitrogens with one attached hydrogen (secondary N) is 3. The predicted molar refractivity (Wildman–Crippen MR) is 315 cm³/mol. The van der Waals surface area contributed by atoms with Crippen molar-refractivity contribution in [2.24, 2.45) is 29.6 Å². The monoisotopic (exact) mass is 1180 g/mol. The van der Waals surface area contributed by atoms with Crippen molar-refractivity contribution in [1.29, 1.82) is 0 Å². The molecule has 2 fully saturated rings. The van der Waals surface area contributed by atoms with Crippen molar-refractivity contribution in [3.05, 3.63) is 29.8 Å². The van der Waals surface area contributed by atoms with Crippen LogP contribution in [-0.2, 0) is 68.6 Å². The van der Waals surface area contributed by atoms with Crippen LogP contribution >= 0.6 is 0 Å². The second kappa shape index (κ2) is 31.4. The van der Waals surface area contributed by atoms with E-state index in [0.717, 1.165) is 9.80 Å². The lowest BCUT2D eigenvalue weighted by molar-refractivity contribution is -0.165. The van der Waals surface area contributed by atoms with Gasteiger partial charge in [0.2, 0.25) is 47.3 Å². The first kappa shape index (κ1) is 71.5. The summed E-state index contributed by atoms with van der Waals surface area (Å²) in [5.41, 5.74) is -0.414. The van der Waals surface area contributed by atoms with Gasteiger partial charge < -0.3 is 59.6 Å². The summed E-state index contributed by atoms with van der Waals surface area (Å²) in [5.74, 6) is -10.4. The highest BCUT2D eigenvalue weighted by molar-refractivity contribution is 5.99. The third kappa shape index (κ3) is 18.3. The Morgan fingerprint density at radius 1 is 0.631 bits per heavy atom. The van der Waals surface area contributed by atoms with Crippen molar-refractivity contribution in [3.8, 4) is 5.75 Å². The largest absolute Gasteiger partial charge is 0.497 e. The number of amides is 9. The number of fused-ring (bicyclic) bond motifs is 1. The lowest BCUT2D eigenvalue weighted by atomic mass is 9.92. The number of methoxy groups -OCH3 is 1. The van der Waals surface area contributed by atoms with Gasteiger partial charge in [-0.25, -0.2) is 4.79 Å². The maximum Gasteiger partial charge on any atom is 0.329 e. The van der Waals surface area contributed by atoms with E-state index >= 15 is 9.59 Å². The normalized spacial score (nSPS) is 26.2. The number of rotatable bonds is 12. The van der Waals surface area contributed by atoms with Crippen LogP contribution in [0.4, 0.5) is 0 Å². The molecule has 9 amide bonds. The van der Waals surface area contributed by atoms with Crippen LogP contribution in [0.3, 0.4) is 0 Å². The van der Waals surface area contributed by atoms with Gasteiger partial charge in [0.05, 0.1) is 20.1 Å². The molecule has 0 aromatic heterocycles. The van der Waals surface area contributed by atoms with E-state index in [9.17, 15) is 43.2 Å². The molecule has 3 rings (SSSR count). The number of cyclic esters (lactones) is 1. The molecule has 1 aromatic carbocycles. The minimum Gasteiger partial charge on any atom is -0.497 e. The Bertz CT molecular complexity index is 2500. The molecule has 84 heavy (non-hydrogen) atoms. The zero-order valence-electron chi connectivity index (χ0n) is 53.7. The number of benzene rings is 1. The molecule has 0 saturated carbocycles. The molecular weight excluding hydrogens is 1080 g/mol. The predicted octanol–water partition coefficient (Wildman–Crippen LogP) is 3.58. The zero-order chi connectivity index (χ0) is 64.0. The third-order valence-electron chi connectivity index (χ3n) is 16.2. The van der Waals surface area contributed by atoms with Gasteiger partial charge in [-0.1, -0.05) is 94.2 Å². The highest BCUT2D eigenvalue weighted by Crippen LogP contribution is 2.27. The number of nitrogens with zero attached hydrogens (tertiary/aromatic N) is 6. The number of hydrogen-bond acceptors (Lipinski definition) is 14. The maximum atomic E-state index is 15.2. The lowest BCUT2D eigenvalue weighted by Gasteiger charge is -2.41. The smallest absolute Gasteiger partial charge is 0.329 e. The van der Waals surface area contributed by atoms with E-state index in [-0.39, 0.29) is 19.4 Å². The maximum absolute atomic E-state index is 15.2. The van der Waals surface area contributed by atoms with Gasteiger partial charge >= 0.3 is 11.9 Å². The minimum atomic E-state index is -1.59. The Morgan fingerprint density at radius 3 is 1.68 bits per heavy atom. The van der Waals surface area contributed by atoms with Gasteiger partial charge in [-0.3, -0.25) is 47.9 Å². The number of ether oxygens (including phenoxy) is 3. The molecular formula is C61H99N9O14. The molecule has 2 aliphatic rings. The van der Waals surface area contributed by atoms with Crippen molar-refractivity contribution in [1.82, 2.24) is 45.3 Å². The van der Waals surface area contributed by atoms with Gasteiger partial charge in [0.1, 0.15) is 59.7 Å². The molecule has 3 N–H and O–H groups in total. The van der Waals surface area contributed by atoms with Crippen LogP contribution in [0, 0.1) is 29.6 Å². The van der Waals surface area contributed by atoms with Crippen LogP contribution in [0.25, 0.3) is 0 Å². The summed E-state index contributed by atoms with van der Waals surface area (Å²) in [5, 5.41) is 8.30. The van der Waals surface area contributed by atoms with Gasteiger partial charge in [-0.2, -0.15) is 0 Å². The topological polar surface area (TPSA) is 271 Å². The first-order valence-electron chi connectivity index (χ1n) is 29.6. The average Bonchev–Trinajstić information content (AvgIpc) is 3.43. The van der Waals surface area contributed by atoms with E-state index in [2.05, 4.69) is 16.0 Å². The molecule has 0 bridgehead atoms. The molecule has 2 heterocycles. The number of carbonyl (C=O) groups is 11. The summed E-state index contributed by atoms with van der Waals surface area (Å²) in [6, 6.07) is -3.55. The molecule has 23 heteroatoms. The molecule has 0 spiro atoms. The Morgan fingerprint density at radius 2 is 1.15 bits per heavy atom. The van der Waals surface area contributed by atoms with E-state index in [1.54, 1.807) is 100 Å². The number of esters is 2.